The molecule has 1 heterocycles. The Balaban J connectivity index is 0.000000980. The molecule has 2 rings (SSSR count). The van der Waals surface area contributed by atoms with Crippen LogP contribution in [0, 0.1) is 13.8 Å². The quantitative estimate of drug-likeness (QED) is 0.705. The summed E-state index contributed by atoms with van der Waals surface area (Å²) in [4.78, 5) is 4.04. The molecule has 0 saturated carbocycles. The molecule has 0 fully saturated rings. The fourth-order valence-electron chi connectivity index (χ4n) is 1.60. The van der Waals surface area contributed by atoms with Gasteiger partial charge in [-0.25, -0.2) is 4.98 Å². The molecule has 3 heteroatoms. The van der Waals surface area contributed by atoms with Crippen LogP contribution in [0.4, 0.5) is 0 Å². The molecule has 14 heavy (non-hydrogen) atoms. The molecule has 0 bridgehead atoms. The molecule has 0 amide bonds. The van der Waals surface area contributed by atoms with E-state index < -0.39 is 0 Å². The van der Waals surface area contributed by atoms with Gasteiger partial charge in [0.25, 0.3) is 0 Å². The summed E-state index contributed by atoms with van der Waals surface area (Å²) in [6.07, 6.45) is 5.59. The van der Waals surface area contributed by atoms with Crippen LogP contribution in [-0.2, 0) is 0 Å². The van der Waals surface area contributed by atoms with Gasteiger partial charge in [0, 0.05) is 12.4 Å². The van der Waals surface area contributed by atoms with E-state index in [1.165, 1.54) is 16.8 Å². The summed E-state index contributed by atoms with van der Waals surface area (Å²) in [7, 11) is 0. The summed E-state index contributed by atoms with van der Waals surface area (Å²) in [6.45, 7) is 4.23. The second-order valence-electron chi connectivity index (χ2n) is 3.21. The Hall–Kier alpha value is -1.28. The highest BCUT2D eigenvalue weighted by molar-refractivity contribution is 5.85. The smallest absolute Gasteiger partial charge is 0.0991 e. The Kier molecular flexibility index (Phi) is 3.31. The minimum Gasteiger partial charge on any atom is -0.306 e. The van der Waals surface area contributed by atoms with E-state index in [0.717, 1.165) is 0 Å². The number of halogens is 1. The van der Waals surface area contributed by atoms with Crippen molar-refractivity contribution in [3.05, 3.63) is 48.0 Å². The van der Waals surface area contributed by atoms with Crippen LogP contribution in [-0.4, -0.2) is 9.55 Å². The highest BCUT2D eigenvalue weighted by atomic mass is 35.5. The fourth-order valence-corrected chi connectivity index (χ4v) is 1.60. The van der Waals surface area contributed by atoms with Crippen molar-refractivity contribution < 1.29 is 0 Å². The number of imidazole rings is 1. The van der Waals surface area contributed by atoms with Gasteiger partial charge in [-0.1, -0.05) is 18.2 Å². The standard InChI is InChI=1S/C11H12N2.ClH/c1-9-4-3-5-10(2)11(9)13-7-6-12-8-13;/h3-8H,1-2H3;1H. The van der Waals surface area contributed by atoms with E-state index in [0.29, 0.717) is 0 Å². The molecule has 0 atom stereocenters. The van der Waals surface area contributed by atoms with Gasteiger partial charge in [0.1, 0.15) is 0 Å². The lowest BCUT2D eigenvalue weighted by molar-refractivity contribution is 1.02. The maximum Gasteiger partial charge on any atom is 0.0991 e. The van der Waals surface area contributed by atoms with Crippen molar-refractivity contribution in [3.63, 3.8) is 0 Å². The largest absolute Gasteiger partial charge is 0.306 e. The van der Waals surface area contributed by atoms with Gasteiger partial charge in [0.15, 0.2) is 0 Å². The summed E-state index contributed by atoms with van der Waals surface area (Å²) in [5.74, 6) is 0. The molecule has 0 aliphatic rings. The van der Waals surface area contributed by atoms with Crippen LogP contribution in [0.5, 0.6) is 0 Å². The molecule has 0 saturated heterocycles. The Morgan fingerprint density at radius 3 is 2.29 bits per heavy atom. The number of benzene rings is 1. The van der Waals surface area contributed by atoms with E-state index in [1.807, 2.05) is 17.1 Å². The number of para-hydroxylation sites is 1. The molecule has 0 aliphatic heterocycles. The summed E-state index contributed by atoms with van der Waals surface area (Å²) in [5, 5.41) is 0. The van der Waals surface area contributed by atoms with E-state index in [-0.39, 0.29) is 12.4 Å². The van der Waals surface area contributed by atoms with E-state index in [2.05, 4.69) is 37.0 Å². The number of hydrogen-bond donors (Lipinski definition) is 0. The summed E-state index contributed by atoms with van der Waals surface area (Å²) in [5.41, 5.74) is 3.79. The molecule has 1 aromatic heterocycles. The predicted molar refractivity (Wildman–Crippen MR) is 60.3 cm³/mol. The lowest BCUT2D eigenvalue weighted by Gasteiger charge is -2.09. The Bertz CT molecular complexity index is 387. The summed E-state index contributed by atoms with van der Waals surface area (Å²) >= 11 is 0. The first kappa shape index (κ1) is 10.8. The van der Waals surface area contributed by atoms with Crippen LogP contribution >= 0.6 is 12.4 Å². The molecule has 0 spiro atoms. The maximum absolute atomic E-state index is 4.04. The van der Waals surface area contributed by atoms with Crippen molar-refractivity contribution in [1.29, 1.82) is 0 Å². The third-order valence-electron chi connectivity index (χ3n) is 2.20. The van der Waals surface area contributed by atoms with E-state index >= 15 is 0 Å². The Labute approximate surface area is 90.0 Å². The van der Waals surface area contributed by atoms with Crippen molar-refractivity contribution in [2.75, 3.05) is 0 Å². The van der Waals surface area contributed by atoms with Crippen molar-refractivity contribution in [3.8, 4) is 5.69 Å². The number of nitrogens with zero attached hydrogens (tertiary/aromatic N) is 2. The van der Waals surface area contributed by atoms with Crippen molar-refractivity contribution >= 4 is 12.4 Å². The molecule has 0 aliphatic carbocycles. The molecule has 1 aromatic carbocycles. The number of rotatable bonds is 1. The third kappa shape index (κ3) is 1.80. The van der Waals surface area contributed by atoms with Gasteiger partial charge in [-0.15, -0.1) is 12.4 Å². The van der Waals surface area contributed by atoms with Crippen LogP contribution in [0.3, 0.4) is 0 Å². The molecular weight excluding hydrogens is 196 g/mol. The first-order valence-electron chi connectivity index (χ1n) is 4.33. The topological polar surface area (TPSA) is 17.8 Å². The van der Waals surface area contributed by atoms with Gasteiger partial charge in [0.05, 0.1) is 12.0 Å². The summed E-state index contributed by atoms with van der Waals surface area (Å²) < 4.78 is 2.05. The average Bonchev–Trinajstić information content (AvgIpc) is 2.57. The zero-order valence-electron chi connectivity index (χ0n) is 8.27. The number of aromatic nitrogens is 2. The van der Waals surface area contributed by atoms with E-state index in [1.54, 1.807) is 6.20 Å². The number of aryl methyl sites for hydroxylation is 2. The SMILES string of the molecule is Cc1cccc(C)c1-n1ccnc1.Cl. The highest BCUT2D eigenvalue weighted by Gasteiger charge is 2.02. The molecular formula is C11H13ClN2. The van der Waals surface area contributed by atoms with Crippen LogP contribution in [0.25, 0.3) is 5.69 Å². The number of hydrogen-bond acceptors (Lipinski definition) is 1. The molecule has 0 N–H and O–H groups in total. The van der Waals surface area contributed by atoms with Crippen LogP contribution in [0.2, 0.25) is 0 Å². The molecule has 2 aromatic rings. The first-order chi connectivity index (χ1) is 6.29. The van der Waals surface area contributed by atoms with Gasteiger partial charge in [-0.2, -0.15) is 0 Å². The normalized spacial score (nSPS) is 9.57. The van der Waals surface area contributed by atoms with Crippen LogP contribution in [0.15, 0.2) is 36.9 Å². The van der Waals surface area contributed by atoms with Gasteiger partial charge >= 0.3 is 0 Å². The third-order valence-corrected chi connectivity index (χ3v) is 2.20. The van der Waals surface area contributed by atoms with Gasteiger partial charge in [-0.05, 0) is 25.0 Å². The predicted octanol–water partition coefficient (Wildman–Crippen LogP) is 2.91. The zero-order chi connectivity index (χ0) is 9.26. The lowest BCUT2D eigenvalue weighted by Crippen LogP contribution is -1.96. The lowest BCUT2D eigenvalue weighted by atomic mass is 10.1. The maximum atomic E-state index is 4.04. The van der Waals surface area contributed by atoms with Crippen LogP contribution < -0.4 is 0 Å². The fraction of sp³-hybridized carbons (Fsp3) is 0.182. The van der Waals surface area contributed by atoms with Crippen LogP contribution in [0.1, 0.15) is 11.1 Å². The average molecular weight is 209 g/mol. The van der Waals surface area contributed by atoms with Gasteiger partial charge in [0.2, 0.25) is 0 Å². The first-order valence-corrected chi connectivity index (χ1v) is 4.33. The summed E-state index contributed by atoms with van der Waals surface area (Å²) in [6, 6.07) is 6.30. The zero-order valence-corrected chi connectivity index (χ0v) is 9.08. The minimum absolute atomic E-state index is 0. The minimum atomic E-state index is 0. The Morgan fingerprint density at radius 2 is 1.79 bits per heavy atom. The monoisotopic (exact) mass is 208 g/mol. The molecule has 74 valence electrons. The van der Waals surface area contributed by atoms with Crippen molar-refractivity contribution in [2.24, 2.45) is 0 Å². The van der Waals surface area contributed by atoms with Crippen molar-refractivity contribution in [1.82, 2.24) is 9.55 Å². The second-order valence-corrected chi connectivity index (χ2v) is 3.21. The van der Waals surface area contributed by atoms with Crippen molar-refractivity contribution in [2.45, 2.75) is 13.8 Å². The molecule has 2 nitrogen and oxygen atoms in total. The Morgan fingerprint density at radius 1 is 1.14 bits per heavy atom. The molecule has 0 radical (unpaired) electrons. The second kappa shape index (κ2) is 4.29. The molecule has 0 unspecified atom stereocenters. The van der Waals surface area contributed by atoms with Gasteiger partial charge in [-0.3, -0.25) is 0 Å². The van der Waals surface area contributed by atoms with E-state index in [9.17, 15) is 0 Å². The van der Waals surface area contributed by atoms with E-state index in [4.69, 9.17) is 0 Å². The highest BCUT2D eigenvalue weighted by Crippen LogP contribution is 2.17. The van der Waals surface area contributed by atoms with Gasteiger partial charge < -0.3 is 4.57 Å².